The third kappa shape index (κ3) is 7.39. The molecule has 0 bridgehead atoms. The topological polar surface area (TPSA) is 0 Å². The first-order valence-corrected chi connectivity index (χ1v) is 3.33. The Labute approximate surface area is 86.6 Å². The van der Waals surface area contributed by atoms with Gasteiger partial charge in [0.1, 0.15) is 0 Å². The van der Waals surface area contributed by atoms with Gasteiger partial charge in [-0.05, 0) is 0 Å². The molecule has 0 nitrogen and oxygen atoms in total. The van der Waals surface area contributed by atoms with Crippen molar-refractivity contribution in [3.63, 3.8) is 0 Å². The Hall–Kier alpha value is -0.720. The van der Waals surface area contributed by atoms with Gasteiger partial charge in [-0.15, -0.1) is 0 Å². The van der Waals surface area contributed by atoms with Gasteiger partial charge in [0, 0.05) is 12.8 Å². The SMILES string of the molecule is C1=C[CH+]C=C1.C1=C[CH+]C=C1.[Cl-].[Cl-]. The summed E-state index contributed by atoms with van der Waals surface area (Å²) in [4.78, 5) is 0. The van der Waals surface area contributed by atoms with Crippen LogP contribution >= 0.6 is 0 Å². The summed E-state index contributed by atoms with van der Waals surface area (Å²) in [7, 11) is 0. The van der Waals surface area contributed by atoms with E-state index >= 15 is 0 Å². The summed E-state index contributed by atoms with van der Waals surface area (Å²) in [5, 5.41) is 0. The maximum atomic E-state index is 2.00. The van der Waals surface area contributed by atoms with Crippen LogP contribution in [-0.2, 0) is 0 Å². The fourth-order valence-electron chi connectivity index (χ4n) is 0.642. The van der Waals surface area contributed by atoms with E-state index < -0.39 is 0 Å². The van der Waals surface area contributed by atoms with Gasteiger partial charge in [-0.3, -0.25) is 0 Å². The molecule has 2 aliphatic carbocycles. The van der Waals surface area contributed by atoms with Gasteiger partial charge >= 0.3 is 0 Å². The smallest absolute Gasteiger partial charge is 0.0799 e. The molecule has 0 saturated carbocycles. The highest BCUT2D eigenvalue weighted by atomic mass is 35.5. The second kappa shape index (κ2) is 10.3. The van der Waals surface area contributed by atoms with Crippen LogP contribution in [-0.4, -0.2) is 0 Å². The highest BCUT2D eigenvalue weighted by Crippen LogP contribution is 1.92. The number of hydrogen-bond donors (Lipinski definition) is 0. The molecule has 0 amide bonds. The van der Waals surface area contributed by atoms with Crippen molar-refractivity contribution < 1.29 is 24.8 Å². The Balaban J connectivity index is 0. The summed E-state index contributed by atoms with van der Waals surface area (Å²) in [6, 6.07) is 0. The Morgan fingerprint density at radius 3 is 0.833 bits per heavy atom. The standard InChI is InChI=1S/2C5H5.2ClH/c2*1-2-4-5-3-1;;/h2*1-5H;2*1H/q2*+1;;/p-2. The quantitative estimate of drug-likeness (QED) is 0.359. The van der Waals surface area contributed by atoms with Gasteiger partial charge in [-0.2, -0.15) is 0 Å². The third-order valence-corrected chi connectivity index (χ3v) is 1.11. The maximum absolute atomic E-state index is 2.00. The zero-order valence-corrected chi connectivity index (χ0v) is 8.04. The van der Waals surface area contributed by atoms with Gasteiger partial charge in [0.2, 0.25) is 0 Å². The van der Waals surface area contributed by atoms with Crippen molar-refractivity contribution in [3.8, 4) is 0 Å². The number of halogens is 2. The summed E-state index contributed by atoms with van der Waals surface area (Å²) >= 11 is 0. The molecule has 2 rings (SSSR count). The molecule has 0 fully saturated rings. The first kappa shape index (κ1) is 13.8. The summed E-state index contributed by atoms with van der Waals surface area (Å²) in [5.41, 5.74) is 0. The van der Waals surface area contributed by atoms with E-state index in [1.54, 1.807) is 0 Å². The first-order valence-electron chi connectivity index (χ1n) is 3.33. The highest BCUT2D eigenvalue weighted by molar-refractivity contribution is 5.23. The molecule has 2 aliphatic rings. The number of rotatable bonds is 0. The molecule has 0 aliphatic heterocycles. The van der Waals surface area contributed by atoms with Crippen molar-refractivity contribution in [1.29, 1.82) is 0 Å². The van der Waals surface area contributed by atoms with Crippen LogP contribution in [0.15, 0.2) is 48.6 Å². The zero-order valence-electron chi connectivity index (χ0n) is 6.53. The minimum absolute atomic E-state index is 0. The molecule has 12 heavy (non-hydrogen) atoms. The van der Waals surface area contributed by atoms with Crippen LogP contribution in [0, 0.1) is 12.8 Å². The van der Waals surface area contributed by atoms with Gasteiger partial charge in [0.15, 0.2) is 0 Å². The van der Waals surface area contributed by atoms with Crippen LogP contribution in [0.4, 0.5) is 0 Å². The number of allylic oxidation sites excluding steroid dienone is 8. The lowest BCUT2D eigenvalue weighted by atomic mass is 10.5. The minimum Gasteiger partial charge on any atom is -1.00 e. The molecule has 0 saturated heterocycles. The third-order valence-electron chi connectivity index (χ3n) is 1.11. The van der Waals surface area contributed by atoms with E-state index in [9.17, 15) is 0 Å². The van der Waals surface area contributed by atoms with Crippen molar-refractivity contribution in [3.05, 3.63) is 61.4 Å². The van der Waals surface area contributed by atoms with Crippen molar-refractivity contribution in [2.45, 2.75) is 0 Å². The van der Waals surface area contributed by atoms with Crippen LogP contribution in [0.3, 0.4) is 0 Å². The van der Waals surface area contributed by atoms with Gasteiger partial charge in [-0.25, -0.2) is 0 Å². The molecule has 0 aromatic carbocycles. The zero-order chi connectivity index (χ0) is 7.07. The second-order valence-electron chi connectivity index (χ2n) is 1.92. The van der Waals surface area contributed by atoms with Gasteiger partial charge in [0.25, 0.3) is 0 Å². The number of hydrogen-bond acceptors (Lipinski definition) is 0. The molecule has 0 aromatic heterocycles. The molecule has 0 radical (unpaired) electrons. The van der Waals surface area contributed by atoms with E-state index in [0.717, 1.165) is 0 Å². The van der Waals surface area contributed by atoms with Crippen molar-refractivity contribution in [1.82, 2.24) is 0 Å². The van der Waals surface area contributed by atoms with Gasteiger partial charge in [0.05, 0.1) is 48.6 Å². The average Bonchev–Trinajstić information content (AvgIpc) is 2.67. The highest BCUT2D eigenvalue weighted by Gasteiger charge is 1.84. The van der Waals surface area contributed by atoms with Crippen molar-refractivity contribution >= 4 is 0 Å². The van der Waals surface area contributed by atoms with Crippen molar-refractivity contribution in [2.24, 2.45) is 0 Å². The summed E-state index contributed by atoms with van der Waals surface area (Å²) in [6.45, 7) is 0. The van der Waals surface area contributed by atoms with E-state index in [-0.39, 0.29) is 24.8 Å². The van der Waals surface area contributed by atoms with E-state index in [4.69, 9.17) is 0 Å². The first-order chi connectivity index (χ1) is 5.00. The minimum atomic E-state index is 0. The van der Waals surface area contributed by atoms with E-state index in [2.05, 4.69) is 0 Å². The maximum Gasteiger partial charge on any atom is 0.0799 e. The Kier molecular flexibility index (Phi) is 11.9. The largest absolute Gasteiger partial charge is 1.00 e. The van der Waals surface area contributed by atoms with E-state index in [0.29, 0.717) is 0 Å². The monoisotopic (exact) mass is 200 g/mol. The Morgan fingerprint density at radius 1 is 0.500 bits per heavy atom. The summed E-state index contributed by atoms with van der Waals surface area (Å²) in [5.74, 6) is 0. The molecule has 0 N–H and O–H groups in total. The molecular formula is C10H10Cl2. The molecule has 0 spiro atoms. The Morgan fingerprint density at radius 2 is 0.750 bits per heavy atom. The molecular weight excluding hydrogens is 191 g/mol. The molecule has 0 aromatic rings. The fourth-order valence-corrected chi connectivity index (χ4v) is 0.642. The van der Waals surface area contributed by atoms with Gasteiger partial charge < -0.3 is 24.8 Å². The summed E-state index contributed by atoms with van der Waals surface area (Å²) < 4.78 is 0. The fraction of sp³-hybridized carbons (Fsp3) is 0. The second-order valence-corrected chi connectivity index (χ2v) is 1.92. The average molecular weight is 201 g/mol. The lowest BCUT2D eigenvalue weighted by Crippen LogP contribution is -3.00. The van der Waals surface area contributed by atoms with Crippen LogP contribution in [0.1, 0.15) is 0 Å². The lowest BCUT2D eigenvalue weighted by Gasteiger charge is -1.46. The lowest BCUT2D eigenvalue weighted by molar-refractivity contribution is -0.00100. The molecule has 2 heteroatoms. The van der Waals surface area contributed by atoms with Crippen LogP contribution in [0.5, 0.6) is 0 Å². The van der Waals surface area contributed by atoms with Crippen LogP contribution in [0.25, 0.3) is 0 Å². The van der Waals surface area contributed by atoms with Crippen molar-refractivity contribution in [2.75, 3.05) is 0 Å². The Bertz CT molecular complexity index is 146. The molecule has 0 unspecified atom stereocenters. The summed E-state index contributed by atoms with van der Waals surface area (Å²) in [6.07, 6.45) is 20.0. The van der Waals surface area contributed by atoms with Crippen LogP contribution < -0.4 is 24.8 Å². The predicted octanol–water partition coefficient (Wildman–Crippen LogP) is -3.36. The van der Waals surface area contributed by atoms with Crippen LogP contribution in [0.2, 0.25) is 0 Å². The van der Waals surface area contributed by atoms with E-state index in [1.807, 2.05) is 61.4 Å². The van der Waals surface area contributed by atoms with Gasteiger partial charge in [-0.1, -0.05) is 0 Å². The molecule has 0 atom stereocenters. The van der Waals surface area contributed by atoms with E-state index in [1.165, 1.54) is 0 Å². The normalized spacial score (nSPS) is 13.3. The molecule has 0 heterocycles. The predicted molar refractivity (Wildman–Crippen MR) is 45.2 cm³/mol. The molecule has 64 valence electrons.